The van der Waals surface area contributed by atoms with Gasteiger partial charge in [-0.25, -0.2) is 4.79 Å². The summed E-state index contributed by atoms with van der Waals surface area (Å²) in [7, 11) is 0. The number of hydrogen-bond acceptors (Lipinski definition) is 8. The van der Waals surface area contributed by atoms with Gasteiger partial charge in [-0.2, -0.15) is 0 Å². The monoisotopic (exact) mass is 512 g/mol. The fraction of sp³-hybridized carbons (Fsp3) is 0.583. The minimum atomic E-state index is -1.33. The fourth-order valence-corrected chi connectivity index (χ4v) is 6.83. The van der Waals surface area contributed by atoms with E-state index in [4.69, 9.17) is 42.1 Å². The smallest absolute Gasteiger partial charge is 0.339 e. The molecular formula is C24H26Cl2O8. The number of esters is 2. The van der Waals surface area contributed by atoms with Gasteiger partial charge in [-0.1, -0.05) is 36.2 Å². The summed E-state index contributed by atoms with van der Waals surface area (Å²) < 4.78 is 23.7. The molecule has 2 N–H and O–H groups in total. The third-order valence-corrected chi connectivity index (χ3v) is 8.79. The Morgan fingerprint density at radius 2 is 1.97 bits per heavy atom. The van der Waals surface area contributed by atoms with E-state index < -0.39 is 58.9 Å². The highest BCUT2D eigenvalue weighted by Crippen LogP contribution is 2.71. The van der Waals surface area contributed by atoms with Gasteiger partial charge in [-0.15, -0.1) is 0 Å². The Hall–Kier alpha value is -1.68. The predicted molar refractivity (Wildman–Crippen MR) is 121 cm³/mol. The number of ether oxygens (including phenoxy) is 4. The zero-order valence-electron chi connectivity index (χ0n) is 18.9. The van der Waals surface area contributed by atoms with E-state index in [0.717, 1.165) is 0 Å². The van der Waals surface area contributed by atoms with Crippen molar-refractivity contribution < 1.29 is 38.7 Å². The molecule has 184 valence electrons. The van der Waals surface area contributed by atoms with Crippen molar-refractivity contribution in [3.8, 4) is 0 Å². The molecule has 4 aliphatic rings. The number of carbonyl (C=O) groups excluding carboxylic acids is 2. The molecule has 2 heterocycles. The maximum atomic E-state index is 13.0. The zero-order chi connectivity index (χ0) is 24.6. The molecule has 0 amide bonds. The molecule has 0 radical (unpaired) electrons. The van der Waals surface area contributed by atoms with Crippen LogP contribution in [0, 0.1) is 10.8 Å². The second-order valence-electron chi connectivity index (χ2n) is 9.88. The third-order valence-electron chi connectivity index (χ3n) is 8.24. The van der Waals surface area contributed by atoms with E-state index in [1.165, 1.54) is 25.1 Å². The van der Waals surface area contributed by atoms with Crippen molar-refractivity contribution >= 4 is 35.1 Å². The van der Waals surface area contributed by atoms with Crippen molar-refractivity contribution in [1.29, 1.82) is 0 Å². The first-order valence-electron chi connectivity index (χ1n) is 11.1. The molecule has 2 aliphatic carbocycles. The molecule has 1 aromatic carbocycles. The summed E-state index contributed by atoms with van der Waals surface area (Å²) in [4.78, 5) is 24.8. The van der Waals surface area contributed by atoms with Crippen LogP contribution < -0.4 is 0 Å². The van der Waals surface area contributed by atoms with Gasteiger partial charge in [0.1, 0.15) is 30.5 Å². The highest BCUT2D eigenvalue weighted by atomic mass is 35.5. The van der Waals surface area contributed by atoms with E-state index in [1.807, 2.05) is 6.92 Å². The number of aliphatic hydroxyl groups is 2. The maximum Gasteiger partial charge on any atom is 0.339 e. The van der Waals surface area contributed by atoms with Crippen molar-refractivity contribution in [1.82, 2.24) is 0 Å². The van der Waals surface area contributed by atoms with Gasteiger partial charge >= 0.3 is 11.9 Å². The minimum absolute atomic E-state index is 0.123. The molecule has 5 rings (SSSR count). The second-order valence-corrected chi connectivity index (χ2v) is 10.7. The van der Waals surface area contributed by atoms with Crippen LogP contribution in [0.4, 0.5) is 0 Å². The van der Waals surface area contributed by atoms with Crippen molar-refractivity contribution in [2.75, 3.05) is 13.2 Å². The van der Waals surface area contributed by atoms with Crippen LogP contribution in [-0.2, 0) is 23.7 Å². The first-order chi connectivity index (χ1) is 16.0. The average molecular weight is 513 g/mol. The van der Waals surface area contributed by atoms with Gasteiger partial charge in [-0.3, -0.25) is 4.79 Å². The van der Waals surface area contributed by atoms with E-state index >= 15 is 0 Å². The van der Waals surface area contributed by atoms with Gasteiger partial charge in [0, 0.05) is 17.4 Å². The molecule has 2 aliphatic heterocycles. The first kappa shape index (κ1) is 24.0. The van der Waals surface area contributed by atoms with E-state index in [0.29, 0.717) is 23.6 Å². The van der Waals surface area contributed by atoms with Crippen molar-refractivity contribution in [3.63, 3.8) is 0 Å². The van der Waals surface area contributed by atoms with E-state index in [-0.39, 0.29) is 17.2 Å². The van der Waals surface area contributed by atoms with Gasteiger partial charge in [0.05, 0.1) is 34.8 Å². The SMILES string of the molecule is CC(=O)O[C@@H]1C[C@]2(C)[C@@]3(COC(=O)c4ccc(Cl)cc4Cl)[C@H](O)[C@H](O)C(C)=C[C@H]3O[C@H]1[C@@]21CO1. The number of carbonyl (C=O) groups is 2. The second kappa shape index (κ2) is 7.91. The normalized spacial score (nSPS) is 42.1. The molecule has 0 aromatic heterocycles. The van der Waals surface area contributed by atoms with Crippen molar-refractivity contribution in [3.05, 3.63) is 45.5 Å². The largest absolute Gasteiger partial charge is 0.461 e. The van der Waals surface area contributed by atoms with Crippen LogP contribution >= 0.6 is 23.2 Å². The molecule has 2 saturated heterocycles. The Labute approximate surface area is 206 Å². The maximum absolute atomic E-state index is 13.0. The van der Waals surface area contributed by atoms with Crippen LogP contribution in [0.25, 0.3) is 0 Å². The topological polar surface area (TPSA) is 115 Å². The Morgan fingerprint density at radius 1 is 1.26 bits per heavy atom. The Morgan fingerprint density at radius 3 is 2.59 bits per heavy atom. The lowest BCUT2D eigenvalue weighted by Gasteiger charge is -2.59. The molecule has 2 bridgehead atoms. The average Bonchev–Trinajstić information content (AvgIpc) is 3.53. The van der Waals surface area contributed by atoms with E-state index in [1.54, 1.807) is 13.0 Å². The van der Waals surface area contributed by atoms with Gasteiger partial charge in [0.15, 0.2) is 0 Å². The van der Waals surface area contributed by atoms with Crippen molar-refractivity contribution in [2.45, 2.75) is 63.3 Å². The summed E-state index contributed by atoms with van der Waals surface area (Å²) in [6.45, 7) is 5.00. The molecule has 10 heteroatoms. The summed E-state index contributed by atoms with van der Waals surface area (Å²) >= 11 is 12.1. The van der Waals surface area contributed by atoms with Crippen LogP contribution in [-0.4, -0.2) is 71.5 Å². The molecule has 3 fully saturated rings. The number of rotatable bonds is 4. The summed E-state index contributed by atoms with van der Waals surface area (Å²) in [6, 6.07) is 4.43. The molecule has 0 unspecified atom stereocenters. The van der Waals surface area contributed by atoms with Crippen LogP contribution in [0.15, 0.2) is 29.8 Å². The van der Waals surface area contributed by atoms with Gasteiger partial charge in [0.2, 0.25) is 0 Å². The molecule has 1 saturated carbocycles. The van der Waals surface area contributed by atoms with E-state index in [2.05, 4.69) is 0 Å². The van der Waals surface area contributed by atoms with Crippen LogP contribution in [0.1, 0.15) is 37.6 Å². The number of benzene rings is 1. The van der Waals surface area contributed by atoms with Crippen LogP contribution in [0.3, 0.4) is 0 Å². The third kappa shape index (κ3) is 3.13. The molecular weight excluding hydrogens is 487 g/mol. The minimum Gasteiger partial charge on any atom is -0.461 e. The lowest BCUT2D eigenvalue weighted by atomic mass is 9.50. The standard InChI is InChI=1S/C24H26Cl2O8/c1-11-6-17-23(19(29)18(11)28,9-31-21(30)14-5-4-13(25)7-15(14)26)22(3)8-16(33-12(2)27)20(34-17)24(22)10-32-24/h4-7,16-20,28-29H,8-10H2,1-3H3/t16-,17-,18-,19-,20-,22-,23-,24+/m1/s1. The lowest BCUT2D eigenvalue weighted by Crippen LogP contribution is -2.71. The number of fused-ring (bicyclic) bond motifs is 2. The lowest BCUT2D eigenvalue weighted by molar-refractivity contribution is -0.261. The quantitative estimate of drug-likeness (QED) is 0.359. The molecule has 8 nitrogen and oxygen atoms in total. The molecule has 8 atom stereocenters. The summed E-state index contributed by atoms with van der Waals surface area (Å²) in [6.07, 6.45) is -2.35. The first-order valence-corrected chi connectivity index (χ1v) is 11.9. The van der Waals surface area contributed by atoms with Gasteiger partial charge in [0.25, 0.3) is 0 Å². The number of aliphatic hydroxyl groups excluding tert-OH is 2. The summed E-state index contributed by atoms with van der Waals surface area (Å²) in [5.41, 5.74) is -2.30. The number of halogens is 2. The Balaban J connectivity index is 1.55. The predicted octanol–water partition coefficient (Wildman–Crippen LogP) is 2.70. The van der Waals surface area contributed by atoms with Gasteiger partial charge < -0.3 is 29.2 Å². The Kier molecular flexibility index (Phi) is 5.59. The summed E-state index contributed by atoms with van der Waals surface area (Å²) in [5.74, 6) is -1.15. The van der Waals surface area contributed by atoms with Crippen LogP contribution in [0.5, 0.6) is 0 Å². The highest BCUT2D eigenvalue weighted by Gasteiger charge is 2.84. The van der Waals surface area contributed by atoms with Gasteiger partial charge in [-0.05, 0) is 37.1 Å². The molecule has 34 heavy (non-hydrogen) atoms. The van der Waals surface area contributed by atoms with Crippen molar-refractivity contribution in [2.24, 2.45) is 10.8 Å². The number of hydrogen-bond donors (Lipinski definition) is 2. The fourth-order valence-electron chi connectivity index (χ4n) is 6.34. The zero-order valence-corrected chi connectivity index (χ0v) is 20.4. The molecule has 1 spiro atoms. The molecule has 1 aromatic rings. The van der Waals surface area contributed by atoms with E-state index in [9.17, 15) is 19.8 Å². The Bertz CT molecular complexity index is 1080. The van der Waals surface area contributed by atoms with Crippen LogP contribution in [0.2, 0.25) is 10.0 Å². The highest BCUT2D eigenvalue weighted by molar-refractivity contribution is 6.36. The summed E-state index contributed by atoms with van der Waals surface area (Å²) in [5, 5.41) is 22.9. The number of epoxide rings is 1.